The highest BCUT2D eigenvalue weighted by Gasteiger charge is 2.39. The van der Waals surface area contributed by atoms with E-state index in [9.17, 15) is 4.79 Å². The first-order valence-electron chi connectivity index (χ1n) is 5.41. The lowest BCUT2D eigenvalue weighted by atomic mass is 9.95. The minimum absolute atomic E-state index is 0.0367. The first-order chi connectivity index (χ1) is 6.70. The number of rotatable bonds is 1. The van der Waals surface area contributed by atoms with E-state index in [1.807, 2.05) is 6.92 Å². The lowest BCUT2D eigenvalue weighted by Gasteiger charge is -2.16. The van der Waals surface area contributed by atoms with Crippen LogP contribution in [-0.4, -0.2) is 25.3 Å². The van der Waals surface area contributed by atoms with Gasteiger partial charge in [-0.1, -0.05) is 6.92 Å². The minimum atomic E-state index is -0.0367. The molecule has 0 spiro atoms. The zero-order valence-electron chi connectivity index (χ0n) is 8.86. The van der Waals surface area contributed by atoms with Crippen molar-refractivity contribution < 1.29 is 14.3 Å². The molecule has 1 aliphatic carbocycles. The summed E-state index contributed by atoms with van der Waals surface area (Å²) in [5, 5.41) is 0. The second-order valence-corrected chi connectivity index (χ2v) is 4.48. The van der Waals surface area contributed by atoms with Gasteiger partial charge in [0.2, 0.25) is 0 Å². The molecule has 1 unspecified atom stereocenters. The molecule has 0 amide bonds. The molecule has 0 radical (unpaired) electrons. The molecule has 1 aliphatic heterocycles. The summed E-state index contributed by atoms with van der Waals surface area (Å²) in [7, 11) is 1.68. The van der Waals surface area contributed by atoms with Crippen LogP contribution < -0.4 is 0 Å². The third kappa shape index (κ3) is 1.84. The van der Waals surface area contributed by atoms with Crippen LogP contribution in [0, 0.1) is 11.8 Å². The lowest BCUT2D eigenvalue weighted by Crippen LogP contribution is -2.19. The molecule has 0 aromatic heterocycles. The van der Waals surface area contributed by atoms with E-state index in [1.165, 1.54) is 0 Å². The van der Waals surface area contributed by atoms with Crippen LogP contribution in [0.3, 0.4) is 0 Å². The second-order valence-electron chi connectivity index (χ2n) is 4.48. The minimum Gasteiger partial charge on any atom is -0.356 e. The van der Waals surface area contributed by atoms with E-state index >= 15 is 0 Å². The molecule has 1 saturated heterocycles. The molecule has 0 N–H and O–H groups in total. The van der Waals surface area contributed by atoms with E-state index in [4.69, 9.17) is 9.47 Å². The fourth-order valence-electron chi connectivity index (χ4n) is 2.52. The Bertz CT molecular complexity index is 227. The number of hydrogen-bond donors (Lipinski definition) is 0. The smallest absolute Gasteiger partial charge is 0.157 e. The predicted octanol–water partition coefficient (Wildman–Crippen LogP) is 1.75. The molecule has 4 atom stereocenters. The SMILES string of the molecule is COC1C[C@H]2CCC(=O)[C@@H](C)C[C@@H]2O1. The molecular formula is C11H18O3. The van der Waals surface area contributed by atoms with Gasteiger partial charge >= 0.3 is 0 Å². The van der Waals surface area contributed by atoms with Gasteiger partial charge in [-0.15, -0.1) is 0 Å². The van der Waals surface area contributed by atoms with Crippen LogP contribution in [-0.2, 0) is 14.3 Å². The first-order valence-corrected chi connectivity index (χ1v) is 5.41. The van der Waals surface area contributed by atoms with E-state index in [0.717, 1.165) is 25.7 Å². The van der Waals surface area contributed by atoms with Crippen LogP contribution in [0.15, 0.2) is 0 Å². The van der Waals surface area contributed by atoms with Crippen molar-refractivity contribution in [1.82, 2.24) is 0 Å². The van der Waals surface area contributed by atoms with Crippen molar-refractivity contribution in [3.8, 4) is 0 Å². The molecule has 1 saturated carbocycles. The number of ketones is 1. The monoisotopic (exact) mass is 198 g/mol. The van der Waals surface area contributed by atoms with E-state index in [2.05, 4.69) is 0 Å². The van der Waals surface area contributed by atoms with Crippen LogP contribution >= 0.6 is 0 Å². The Labute approximate surface area is 84.8 Å². The highest BCUT2D eigenvalue weighted by atomic mass is 16.7. The maximum absolute atomic E-state index is 11.5. The van der Waals surface area contributed by atoms with E-state index in [1.54, 1.807) is 7.11 Å². The van der Waals surface area contributed by atoms with Crippen LogP contribution in [0.5, 0.6) is 0 Å². The van der Waals surface area contributed by atoms with Crippen LogP contribution in [0.25, 0.3) is 0 Å². The van der Waals surface area contributed by atoms with Crippen molar-refractivity contribution in [3.63, 3.8) is 0 Å². The van der Waals surface area contributed by atoms with Gasteiger partial charge in [0.1, 0.15) is 5.78 Å². The maximum Gasteiger partial charge on any atom is 0.157 e. The molecule has 0 aromatic carbocycles. The van der Waals surface area contributed by atoms with Gasteiger partial charge in [0.05, 0.1) is 6.10 Å². The van der Waals surface area contributed by atoms with Gasteiger partial charge in [0.25, 0.3) is 0 Å². The number of carbonyl (C=O) groups is 1. The standard InChI is InChI=1S/C11H18O3/c1-7-5-10-8(3-4-9(7)12)6-11(13-2)14-10/h7-8,10-11H,3-6H2,1-2H3/t7-,8+,10-,11?/m0/s1. The van der Waals surface area contributed by atoms with Gasteiger partial charge in [0, 0.05) is 25.9 Å². The average molecular weight is 198 g/mol. The number of methoxy groups -OCH3 is 1. The summed E-state index contributed by atoms with van der Waals surface area (Å²) in [4.78, 5) is 11.5. The number of Topliss-reactive ketones (excluding diaryl/α,β-unsaturated/α-hetero) is 1. The summed E-state index contributed by atoms with van der Waals surface area (Å²) in [5.41, 5.74) is 0. The highest BCUT2D eigenvalue weighted by molar-refractivity contribution is 5.80. The first kappa shape index (κ1) is 10.1. The van der Waals surface area contributed by atoms with Crippen molar-refractivity contribution in [2.24, 2.45) is 11.8 Å². The van der Waals surface area contributed by atoms with E-state index in [0.29, 0.717) is 11.7 Å². The maximum atomic E-state index is 11.5. The largest absolute Gasteiger partial charge is 0.356 e. The molecule has 3 heteroatoms. The zero-order chi connectivity index (χ0) is 10.1. The van der Waals surface area contributed by atoms with Crippen molar-refractivity contribution >= 4 is 5.78 Å². The topological polar surface area (TPSA) is 35.5 Å². The normalized spacial score (nSPS) is 43.4. The molecule has 2 aliphatic rings. The molecule has 1 heterocycles. The molecular weight excluding hydrogens is 180 g/mol. The van der Waals surface area contributed by atoms with Crippen LogP contribution in [0.1, 0.15) is 32.6 Å². The third-order valence-corrected chi connectivity index (χ3v) is 3.51. The Kier molecular flexibility index (Phi) is 2.88. The highest BCUT2D eigenvalue weighted by Crippen LogP contribution is 2.37. The van der Waals surface area contributed by atoms with Crippen molar-refractivity contribution in [2.45, 2.75) is 45.0 Å². The van der Waals surface area contributed by atoms with Gasteiger partial charge in [0.15, 0.2) is 6.29 Å². The fourth-order valence-corrected chi connectivity index (χ4v) is 2.52. The van der Waals surface area contributed by atoms with Crippen molar-refractivity contribution in [2.75, 3.05) is 7.11 Å². The van der Waals surface area contributed by atoms with E-state index < -0.39 is 0 Å². The summed E-state index contributed by atoms with van der Waals surface area (Å²) >= 11 is 0. The zero-order valence-corrected chi connectivity index (χ0v) is 8.86. The van der Waals surface area contributed by atoms with Crippen molar-refractivity contribution in [1.29, 1.82) is 0 Å². The summed E-state index contributed by atoms with van der Waals surface area (Å²) in [6, 6.07) is 0. The Hall–Kier alpha value is -0.410. The summed E-state index contributed by atoms with van der Waals surface area (Å²) < 4.78 is 10.9. The Morgan fingerprint density at radius 1 is 1.43 bits per heavy atom. The number of ether oxygens (including phenoxy) is 2. The van der Waals surface area contributed by atoms with Crippen LogP contribution in [0.2, 0.25) is 0 Å². The second kappa shape index (κ2) is 3.99. The summed E-state index contributed by atoms with van der Waals surface area (Å²) in [6.07, 6.45) is 3.76. The number of fused-ring (bicyclic) bond motifs is 1. The third-order valence-electron chi connectivity index (χ3n) is 3.51. The molecule has 0 bridgehead atoms. The Morgan fingerprint density at radius 2 is 2.21 bits per heavy atom. The Balaban J connectivity index is 2.01. The lowest BCUT2D eigenvalue weighted by molar-refractivity contribution is -0.128. The predicted molar refractivity (Wildman–Crippen MR) is 51.8 cm³/mol. The van der Waals surface area contributed by atoms with Gasteiger partial charge in [-0.05, 0) is 18.8 Å². The van der Waals surface area contributed by atoms with Gasteiger partial charge in [-0.25, -0.2) is 0 Å². The van der Waals surface area contributed by atoms with Gasteiger partial charge in [-0.2, -0.15) is 0 Å². The molecule has 2 fully saturated rings. The van der Waals surface area contributed by atoms with Crippen LogP contribution in [0.4, 0.5) is 0 Å². The van der Waals surface area contributed by atoms with Gasteiger partial charge < -0.3 is 9.47 Å². The summed E-state index contributed by atoms with van der Waals surface area (Å²) in [6.45, 7) is 2.01. The molecule has 2 rings (SSSR count). The van der Waals surface area contributed by atoms with E-state index in [-0.39, 0.29) is 18.3 Å². The summed E-state index contributed by atoms with van der Waals surface area (Å²) in [5.74, 6) is 1.10. The quantitative estimate of drug-likeness (QED) is 0.644. The molecule has 0 aromatic rings. The number of carbonyl (C=O) groups excluding carboxylic acids is 1. The molecule has 3 nitrogen and oxygen atoms in total. The Morgan fingerprint density at radius 3 is 2.93 bits per heavy atom. The van der Waals surface area contributed by atoms with Gasteiger partial charge in [-0.3, -0.25) is 4.79 Å². The average Bonchev–Trinajstić information content (AvgIpc) is 2.51. The fraction of sp³-hybridized carbons (Fsp3) is 0.909. The number of hydrogen-bond acceptors (Lipinski definition) is 3. The molecule has 80 valence electrons. The van der Waals surface area contributed by atoms with Crippen molar-refractivity contribution in [3.05, 3.63) is 0 Å². The molecule has 14 heavy (non-hydrogen) atoms.